The van der Waals surface area contributed by atoms with Crippen molar-refractivity contribution in [2.24, 2.45) is 19.2 Å². The number of halogens is 2. The molecule has 6 nitrogen and oxygen atoms in total. The molecule has 1 aromatic heterocycles. The molecule has 21 heavy (non-hydrogen) atoms. The normalized spacial score (nSPS) is 11.0. The molecule has 0 atom stereocenters. The summed E-state index contributed by atoms with van der Waals surface area (Å²) in [6, 6.07) is 2.97. The second-order valence-electron chi connectivity index (χ2n) is 4.34. The third-order valence-corrected chi connectivity index (χ3v) is 2.79. The summed E-state index contributed by atoms with van der Waals surface area (Å²) in [5.41, 5.74) is 1.49. The van der Waals surface area contributed by atoms with E-state index in [4.69, 9.17) is 0 Å². The molecule has 1 heterocycles. The third-order valence-electron chi connectivity index (χ3n) is 2.79. The van der Waals surface area contributed by atoms with Gasteiger partial charge in [-0.2, -0.15) is 5.10 Å². The van der Waals surface area contributed by atoms with Crippen LogP contribution in [0, 0.1) is 11.6 Å². The number of hydrazone groups is 1. The fourth-order valence-corrected chi connectivity index (χ4v) is 1.68. The van der Waals surface area contributed by atoms with Gasteiger partial charge in [0.15, 0.2) is 5.82 Å². The predicted molar refractivity (Wildman–Crippen MR) is 74.5 cm³/mol. The number of rotatable bonds is 3. The van der Waals surface area contributed by atoms with Crippen LogP contribution in [0.2, 0.25) is 0 Å². The highest BCUT2D eigenvalue weighted by molar-refractivity contribution is 5.79. The largest absolute Gasteiger partial charge is 0.330 e. The van der Waals surface area contributed by atoms with E-state index in [2.05, 4.69) is 10.5 Å². The standard InChI is InChI=1S/C13H12F2N4O2/c1-18-7-8(12(20)19(2)13(18)21)6-16-17-11-4-3-9(14)5-10(11)15/h3-7,17H,1-2H3. The van der Waals surface area contributed by atoms with E-state index in [1.165, 1.54) is 30.9 Å². The van der Waals surface area contributed by atoms with Gasteiger partial charge in [0.05, 0.1) is 17.5 Å². The van der Waals surface area contributed by atoms with Gasteiger partial charge in [-0.05, 0) is 12.1 Å². The summed E-state index contributed by atoms with van der Waals surface area (Å²) in [6.07, 6.45) is 2.47. The highest BCUT2D eigenvalue weighted by atomic mass is 19.1. The SMILES string of the molecule is Cn1cc(C=NNc2ccc(F)cc2F)c(=O)n(C)c1=O. The van der Waals surface area contributed by atoms with Crippen LogP contribution in [0.1, 0.15) is 5.56 Å². The maximum absolute atomic E-state index is 13.3. The van der Waals surface area contributed by atoms with Gasteiger partial charge in [0, 0.05) is 26.4 Å². The van der Waals surface area contributed by atoms with Gasteiger partial charge in [-0.3, -0.25) is 14.8 Å². The van der Waals surface area contributed by atoms with E-state index in [0.717, 1.165) is 16.8 Å². The Balaban J connectivity index is 2.27. The van der Waals surface area contributed by atoms with E-state index in [9.17, 15) is 18.4 Å². The molecule has 0 aliphatic rings. The molecule has 8 heteroatoms. The minimum atomic E-state index is -0.805. The van der Waals surface area contributed by atoms with Crippen LogP contribution in [0.4, 0.5) is 14.5 Å². The summed E-state index contributed by atoms with van der Waals surface area (Å²) in [5, 5.41) is 3.71. The maximum atomic E-state index is 13.3. The Kier molecular flexibility index (Phi) is 3.97. The molecule has 0 saturated carbocycles. The molecule has 0 aliphatic heterocycles. The van der Waals surface area contributed by atoms with Crippen LogP contribution in [0.25, 0.3) is 0 Å². The van der Waals surface area contributed by atoms with Crippen molar-refractivity contribution in [3.8, 4) is 0 Å². The lowest BCUT2D eigenvalue weighted by atomic mass is 10.3. The second kappa shape index (κ2) is 5.70. The molecule has 0 aliphatic carbocycles. The lowest BCUT2D eigenvalue weighted by Crippen LogP contribution is -2.38. The molecular formula is C13H12F2N4O2. The van der Waals surface area contributed by atoms with Crippen molar-refractivity contribution < 1.29 is 8.78 Å². The average Bonchev–Trinajstić information content (AvgIpc) is 2.44. The molecule has 0 unspecified atom stereocenters. The Morgan fingerprint density at radius 2 is 1.95 bits per heavy atom. The minimum absolute atomic E-state index is 0.0331. The topological polar surface area (TPSA) is 68.4 Å². The van der Waals surface area contributed by atoms with Gasteiger partial charge in [0.1, 0.15) is 5.82 Å². The van der Waals surface area contributed by atoms with Crippen LogP contribution in [-0.4, -0.2) is 15.3 Å². The summed E-state index contributed by atoms with van der Waals surface area (Å²) in [5.74, 6) is -1.51. The summed E-state index contributed by atoms with van der Waals surface area (Å²) in [6.45, 7) is 0. The van der Waals surface area contributed by atoms with E-state index in [1.807, 2.05) is 0 Å². The quantitative estimate of drug-likeness (QED) is 0.673. The van der Waals surface area contributed by atoms with Crippen molar-refractivity contribution >= 4 is 11.9 Å². The summed E-state index contributed by atoms with van der Waals surface area (Å²) < 4.78 is 28.2. The molecule has 0 bridgehead atoms. The van der Waals surface area contributed by atoms with Crippen LogP contribution < -0.4 is 16.7 Å². The Morgan fingerprint density at radius 3 is 2.62 bits per heavy atom. The van der Waals surface area contributed by atoms with Gasteiger partial charge in [0.25, 0.3) is 5.56 Å². The molecule has 0 radical (unpaired) electrons. The van der Waals surface area contributed by atoms with Crippen molar-refractivity contribution in [2.75, 3.05) is 5.43 Å². The van der Waals surface area contributed by atoms with Gasteiger partial charge in [-0.25, -0.2) is 13.6 Å². The second-order valence-corrected chi connectivity index (χ2v) is 4.34. The molecule has 1 aromatic carbocycles. The van der Waals surface area contributed by atoms with Crippen molar-refractivity contribution in [3.05, 3.63) is 62.4 Å². The smallest absolute Gasteiger partial charge is 0.303 e. The van der Waals surface area contributed by atoms with Crippen LogP contribution in [-0.2, 0) is 14.1 Å². The number of anilines is 1. The fraction of sp³-hybridized carbons (Fsp3) is 0.154. The highest BCUT2D eigenvalue weighted by Gasteiger charge is 2.05. The Hall–Kier alpha value is -2.77. The van der Waals surface area contributed by atoms with Crippen LogP contribution in [0.3, 0.4) is 0 Å². The first kappa shape index (κ1) is 14.6. The van der Waals surface area contributed by atoms with Crippen molar-refractivity contribution in [2.45, 2.75) is 0 Å². The molecule has 0 saturated heterocycles. The molecular weight excluding hydrogens is 282 g/mol. The fourth-order valence-electron chi connectivity index (χ4n) is 1.68. The Labute approximate surface area is 118 Å². The number of nitrogens with zero attached hydrogens (tertiary/aromatic N) is 3. The number of benzene rings is 1. The number of hydrogen-bond acceptors (Lipinski definition) is 4. The third kappa shape index (κ3) is 3.04. The van der Waals surface area contributed by atoms with Gasteiger partial charge in [-0.1, -0.05) is 0 Å². The Bertz CT molecular complexity index is 824. The number of aryl methyl sites for hydroxylation is 1. The molecule has 0 amide bonds. The maximum Gasteiger partial charge on any atom is 0.330 e. The van der Waals surface area contributed by atoms with Crippen LogP contribution in [0.5, 0.6) is 0 Å². The Morgan fingerprint density at radius 1 is 1.24 bits per heavy atom. The molecule has 2 rings (SSSR count). The molecule has 2 aromatic rings. The van der Waals surface area contributed by atoms with E-state index in [1.54, 1.807) is 0 Å². The number of nitrogens with one attached hydrogen (secondary N) is 1. The molecule has 0 spiro atoms. The predicted octanol–water partition coefficient (Wildman–Crippen LogP) is 0.808. The lowest BCUT2D eigenvalue weighted by molar-refractivity contribution is 0.585. The zero-order valence-electron chi connectivity index (χ0n) is 11.3. The van der Waals surface area contributed by atoms with Crippen molar-refractivity contribution in [1.82, 2.24) is 9.13 Å². The van der Waals surface area contributed by atoms with E-state index >= 15 is 0 Å². The van der Waals surface area contributed by atoms with Gasteiger partial charge in [0.2, 0.25) is 0 Å². The molecule has 110 valence electrons. The van der Waals surface area contributed by atoms with Crippen LogP contribution >= 0.6 is 0 Å². The highest BCUT2D eigenvalue weighted by Crippen LogP contribution is 2.14. The zero-order chi connectivity index (χ0) is 15.6. The number of aromatic nitrogens is 2. The van der Waals surface area contributed by atoms with Crippen LogP contribution in [0.15, 0.2) is 39.1 Å². The van der Waals surface area contributed by atoms with Crippen molar-refractivity contribution in [3.63, 3.8) is 0 Å². The average molecular weight is 294 g/mol. The monoisotopic (exact) mass is 294 g/mol. The lowest BCUT2D eigenvalue weighted by Gasteiger charge is -2.04. The van der Waals surface area contributed by atoms with Crippen molar-refractivity contribution in [1.29, 1.82) is 0 Å². The summed E-state index contributed by atoms with van der Waals surface area (Å²) in [4.78, 5) is 23.3. The van der Waals surface area contributed by atoms with Gasteiger partial charge < -0.3 is 4.57 Å². The molecule has 0 fully saturated rings. The first-order chi connectivity index (χ1) is 9.90. The minimum Gasteiger partial charge on any atom is -0.303 e. The van der Waals surface area contributed by atoms with E-state index in [-0.39, 0.29) is 11.3 Å². The zero-order valence-corrected chi connectivity index (χ0v) is 11.3. The first-order valence-corrected chi connectivity index (χ1v) is 5.91. The summed E-state index contributed by atoms with van der Waals surface area (Å²) in [7, 11) is 2.83. The van der Waals surface area contributed by atoms with Gasteiger partial charge >= 0.3 is 5.69 Å². The molecule has 1 N–H and O–H groups in total. The number of hydrogen-bond donors (Lipinski definition) is 1. The van der Waals surface area contributed by atoms with E-state index < -0.39 is 22.9 Å². The first-order valence-electron chi connectivity index (χ1n) is 5.91. The van der Waals surface area contributed by atoms with Gasteiger partial charge in [-0.15, -0.1) is 0 Å². The van der Waals surface area contributed by atoms with E-state index in [0.29, 0.717) is 6.07 Å². The summed E-state index contributed by atoms with van der Waals surface area (Å²) >= 11 is 0.